The smallest absolute Gasteiger partial charge is 0.254 e. The van der Waals surface area contributed by atoms with E-state index in [1.54, 1.807) is 23.3 Å². The van der Waals surface area contributed by atoms with E-state index in [1.165, 1.54) is 0 Å². The summed E-state index contributed by atoms with van der Waals surface area (Å²) in [4.78, 5) is 14.7. The lowest BCUT2D eigenvalue weighted by Gasteiger charge is -2.38. The van der Waals surface area contributed by atoms with Crippen LogP contribution in [0, 0.1) is 0 Å². The van der Waals surface area contributed by atoms with Crippen LogP contribution in [0.4, 0.5) is 0 Å². The third-order valence-corrected chi connectivity index (χ3v) is 5.15. The van der Waals surface area contributed by atoms with Gasteiger partial charge >= 0.3 is 0 Å². The Morgan fingerprint density at radius 1 is 1.52 bits per heavy atom. The second kappa shape index (κ2) is 6.65. The summed E-state index contributed by atoms with van der Waals surface area (Å²) in [6.07, 6.45) is 7.75. The number of nitrogens with zero attached hydrogens (tertiary/aromatic N) is 3. The quantitative estimate of drug-likeness (QED) is 0.911. The van der Waals surface area contributed by atoms with Gasteiger partial charge in [0.1, 0.15) is 5.76 Å². The van der Waals surface area contributed by atoms with Crippen LogP contribution in [0.25, 0.3) is 0 Å². The highest BCUT2D eigenvalue weighted by atomic mass is 16.5. The molecule has 0 aliphatic carbocycles. The molecule has 2 aromatic rings. The molecule has 7 heteroatoms. The fraction of sp³-hybridized carbons (Fsp3) is 0.556. The van der Waals surface area contributed by atoms with Crippen LogP contribution < -0.4 is 5.32 Å². The summed E-state index contributed by atoms with van der Waals surface area (Å²) in [5, 5.41) is 7.21. The van der Waals surface area contributed by atoms with Crippen molar-refractivity contribution in [1.82, 2.24) is 20.0 Å². The van der Waals surface area contributed by atoms with Crippen molar-refractivity contribution >= 4 is 5.91 Å². The molecule has 2 fully saturated rings. The van der Waals surface area contributed by atoms with Crippen LogP contribution in [0.5, 0.6) is 0 Å². The third kappa shape index (κ3) is 3.62. The molecule has 1 N–H and O–H groups in total. The van der Waals surface area contributed by atoms with Crippen molar-refractivity contribution in [2.75, 3.05) is 19.7 Å². The lowest BCUT2D eigenvalue weighted by atomic mass is 9.89. The van der Waals surface area contributed by atoms with Gasteiger partial charge in [0.05, 0.1) is 30.2 Å². The average Bonchev–Trinajstić information content (AvgIpc) is 3.31. The Morgan fingerprint density at radius 2 is 2.44 bits per heavy atom. The van der Waals surface area contributed by atoms with Crippen LogP contribution >= 0.6 is 0 Å². The van der Waals surface area contributed by atoms with E-state index in [0.717, 1.165) is 44.7 Å². The number of hydrogen-bond acceptors (Lipinski definition) is 5. The predicted octanol–water partition coefficient (Wildman–Crippen LogP) is 1.57. The lowest BCUT2D eigenvalue weighted by molar-refractivity contribution is -0.0794. The number of carbonyl (C=O) groups excluding carboxylic acids is 1. The Labute approximate surface area is 146 Å². The standard InChI is InChI=1S/C18H24N4O3/c1-21-11-14(10-19-21)17(23)20-15-4-8-25-18(9-15)5-6-22(13-18)12-16-3-2-7-24-16/h2-3,7,10-11,15H,4-6,8-9,12-13H2,1H3,(H,20,23)/t15-,18-/m0/s1. The molecule has 25 heavy (non-hydrogen) atoms. The van der Waals surface area contributed by atoms with Crippen molar-refractivity contribution in [2.45, 2.75) is 37.5 Å². The summed E-state index contributed by atoms with van der Waals surface area (Å²) in [6, 6.07) is 4.07. The van der Waals surface area contributed by atoms with E-state index in [9.17, 15) is 4.79 Å². The lowest BCUT2D eigenvalue weighted by Crippen LogP contribution is -2.49. The number of likely N-dealkylation sites (tertiary alicyclic amines) is 1. The molecule has 1 amide bonds. The van der Waals surface area contributed by atoms with E-state index >= 15 is 0 Å². The van der Waals surface area contributed by atoms with Crippen LogP contribution in [-0.4, -0.2) is 51.9 Å². The van der Waals surface area contributed by atoms with Crippen molar-refractivity contribution in [3.8, 4) is 0 Å². The summed E-state index contributed by atoms with van der Waals surface area (Å²) >= 11 is 0. The van der Waals surface area contributed by atoms with Gasteiger partial charge in [-0.05, 0) is 31.4 Å². The number of aryl methyl sites for hydroxylation is 1. The first-order chi connectivity index (χ1) is 12.1. The monoisotopic (exact) mass is 344 g/mol. The normalized spacial score (nSPS) is 27.0. The summed E-state index contributed by atoms with van der Waals surface area (Å²) in [7, 11) is 1.81. The Hall–Kier alpha value is -2.12. The topological polar surface area (TPSA) is 72.5 Å². The zero-order valence-electron chi connectivity index (χ0n) is 14.5. The van der Waals surface area contributed by atoms with Crippen LogP contribution in [0.2, 0.25) is 0 Å². The summed E-state index contributed by atoms with van der Waals surface area (Å²) in [5.41, 5.74) is 0.450. The summed E-state index contributed by atoms with van der Waals surface area (Å²) < 4.78 is 13.2. The minimum atomic E-state index is -0.155. The molecule has 2 aliphatic rings. The zero-order chi connectivity index (χ0) is 17.3. The molecule has 0 saturated carbocycles. The number of aromatic nitrogens is 2. The number of nitrogens with one attached hydrogen (secondary N) is 1. The average molecular weight is 344 g/mol. The maximum atomic E-state index is 12.4. The highest BCUT2D eigenvalue weighted by molar-refractivity contribution is 5.93. The zero-order valence-corrected chi connectivity index (χ0v) is 14.5. The van der Waals surface area contributed by atoms with E-state index in [1.807, 2.05) is 19.2 Å². The van der Waals surface area contributed by atoms with Crippen LogP contribution in [0.15, 0.2) is 35.2 Å². The van der Waals surface area contributed by atoms with E-state index in [0.29, 0.717) is 12.2 Å². The predicted molar refractivity (Wildman–Crippen MR) is 91.0 cm³/mol. The number of rotatable bonds is 4. The Balaban J connectivity index is 1.35. The number of hydrogen-bond donors (Lipinski definition) is 1. The minimum absolute atomic E-state index is 0.0550. The van der Waals surface area contributed by atoms with Crippen molar-refractivity contribution in [3.63, 3.8) is 0 Å². The minimum Gasteiger partial charge on any atom is -0.468 e. The van der Waals surface area contributed by atoms with Gasteiger partial charge < -0.3 is 14.5 Å². The molecule has 134 valence electrons. The van der Waals surface area contributed by atoms with E-state index in [2.05, 4.69) is 15.3 Å². The van der Waals surface area contributed by atoms with Gasteiger partial charge in [0.25, 0.3) is 5.91 Å². The van der Waals surface area contributed by atoms with Gasteiger partial charge in [0.15, 0.2) is 0 Å². The van der Waals surface area contributed by atoms with Crippen LogP contribution in [-0.2, 0) is 18.3 Å². The molecule has 0 aromatic carbocycles. The van der Waals surface area contributed by atoms with Crippen molar-refractivity contribution in [1.29, 1.82) is 0 Å². The van der Waals surface area contributed by atoms with E-state index in [4.69, 9.17) is 9.15 Å². The number of furan rings is 1. The third-order valence-electron chi connectivity index (χ3n) is 5.15. The van der Waals surface area contributed by atoms with E-state index < -0.39 is 0 Å². The molecule has 1 spiro atoms. The molecule has 4 heterocycles. The number of amides is 1. The highest BCUT2D eigenvalue weighted by Crippen LogP contribution is 2.35. The fourth-order valence-corrected chi connectivity index (χ4v) is 3.93. The fourth-order valence-electron chi connectivity index (χ4n) is 3.93. The molecule has 2 aliphatic heterocycles. The van der Waals surface area contributed by atoms with Gasteiger partial charge in [-0.2, -0.15) is 5.10 Å². The van der Waals surface area contributed by atoms with E-state index in [-0.39, 0.29) is 17.6 Å². The van der Waals surface area contributed by atoms with Crippen molar-refractivity contribution < 1.29 is 13.9 Å². The Bertz CT molecular complexity index is 727. The summed E-state index contributed by atoms with van der Waals surface area (Å²) in [6.45, 7) is 3.37. The van der Waals surface area contributed by atoms with Gasteiger partial charge in [-0.25, -0.2) is 0 Å². The highest BCUT2D eigenvalue weighted by Gasteiger charge is 2.43. The SMILES string of the molecule is Cn1cc(C(=O)N[C@H]2CCO[C@@]3(CCN(Cc4ccco4)C3)C2)cn1. The first kappa shape index (κ1) is 16.4. The Morgan fingerprint density at radius 3 is 3.20 bits per heavy atom. The van der Waals surface area contributed by atoms with Crippen LogP contribution in [0.3, 0.4) is 0 Å². The molecular weight excluding hydrogens is 320 g/mol. The number of ether oxygens (including phenoxy) is 1. The molecule has 0 unspecified atom stereocenters. The maximum absolute atomic E-state index is 12.4. The van der Waals surface area contributed by atoms with Crippen LogP contribution in [0.1, 0.15) is 35.4 Å². The second-order valence-corrected chi connectivity index (χ2v) is 7.14. The first-order valence-corrected chi connectivity index (χ1v) is 8.80. The first-order valence-electron chi connectivity index (χ1n) is 8.80. The summed E-state index contributed by atoms with van der Waals surface area (Å²) in [5.74, 6) is 0.926. The van der Waals surface area contributed by atoms with Gasteiger partial charge in [-0.1, -0.05) is 0 Å². The molecule has 4 rings (SSSR count). The molecule has 0 bridgehead atoms. The maximum Gasteiger partial charge on any atom is 0.254 e. The molecule has 2 atom stereocenters. The molecule has 2 saturated heterocycles. The van der Waals surface area contributed by atoms with Gasteiger partial charge in [-0.15, -0.1) is 0 Å². The molecular formula is C18H24N4O3. The van der Waals surface area contributed by atoms with Gasteiger partial charge in [0, 0.05) is 39.0 Å². The largest absolute Gasteiger partial charge is 0.468 e. The van der Waals surface area contributed by atoms with Crippen molar-refractivity contribution in [3.05, 3.63) is 42.1 Å². The Kier molecular flexibility index (Phi) is 4.35. The molecule has 0 radical (unpaired) electrons. The van der Waals surface area contributed by atoms with Gasteiger partial charge in [-0.3, -0.25) is 14.4 Å². The molecule has 2 aromatic heterocycles. The van der Waals surface area contributed by atoms with Gasteiger partial charge in [0.2, 0.25) is 0 Å². The van der Waals surface area contributed by atoms with Crippen molar-refractivity contribution in [2.24, 2.45) is 7.05 Å². The molecule has 7 nitrogen and oxygen atoms in total. The number of carbonyl (C=O) groups is 1. The second-order valence-electron chi connectivity index (χ2n) is 7.14.